The monoisotopic (exact) mass is 393 g/mol. The van der Waals surface area contributed by atoms with Crippen LogP contribution < -0.4 is 5.32 Å². The van der Waals surface area contributed by atoms with Crippen molar-refractivity contribution in [3.05, 3.63) is 31.5 Å². The minimum Gasteiger partial charge on any atom is -0.506 e. The summed E-state index contributed by atoms with van der Waals surface area (Å²) >= 11 is 12.6. The van der Waals surface area contributed by atoms with E-state index in [1.54, 1.807) is 18.2 Å². The number of thioether (sulfide) groups is 1. The summed E-state index contributed by atoms with van der Waals surface area (Å²) in [5.41, 5.74) is 0.795. The van der Waals surface area contributed by atoms with Crippen molar-refractivity contribution in [2.45, 2.75) is 0 Å². The maximum absolute atomic E-state index is 11.5. The number of thiocarbonyl (C=S) groups is 1. The Hall–Kier alpha value is -0.370. The first-order valence-electron chi connectivity index (χ1n) is 4.40. The van der Waals surface area contributed by atoms with Crippen LogP contribution in [0.2, 0.25) is 0 Å². The highest BCUT2D eigenvalue weighted by Crippen LogP contribution is 2.35. The average molecular weight is 395 g/mol. The summed E-state index contributed by atoms with van der Waals surface area (Å²) in [6.45, 7) is 0. The Labute approximate surface area is 124 Å². The van der Waals surface area contributed by atoms with Gasteiger partial charge in [-0.05, 0) is 55.6 Å². The highest BCUT2D eigenvalue weighted by Gasteiger charge is 2.22. The lowest BCUT2D eigenvalue weighted by Gasteiger charge is -2.02. The summed E-state index contributed by atoms with van der Waals surface area (Å²) in [6, 6.07) is 3.45. The summed E-state index contributed by atoms with van der Waals surface area (Å²) in [6.07, 6.45) is 1.72. The van der Waals surface area contributed by atoms with Gasteiger partial charge < -0.3 is 10.4 Å². The topological polar surface area (TPSA) is 49.3 Å². The summed E-state index contributed by atoms with van der Waals surface area (Å²) in [5, 5.41) is 12.1. The zero-order valence-electron chi connectivity index (χ0n) is 8.16. The first kappa shape index (κ1) is 13.1. The third-order valence-corrected chi connectivity index (χ3v) is 4.35. The average Bonchev–Trinajstić information content (AvgIpc) is 2.54. The molecule has 3 nitrogen and oxygen atoms in total. The molecule has 0 unspecified atom stereocenters. The Morgan fingerprint density at radius 2 is 1.94 bits per heavy atom. The zero-order valence-corrected chi connectivity index (χ0v) is 13.0. The second kappa shape index (κ2) is 5.09. The molecule has 1 fully saturated rings. The summed E-state index contributed by atoms with van der Waals surface area (Å²) in [7, 11) is 0. The second-order valence-corrected chi connectivity index (χ2v) is 6.61. The maximum atomic E-state index is 11.5. The van der Waals surface area contributed by atoms with E-state index in [9.17, 15) is 9.90 Å². The smallest absolute Gasteiger partial charge is 0.263 e. The molecule has 1 amide bonds. The number of nitrogens with one attached hydrogen (secondary N) is 1. The van der Waals surface area contributed by atoms with E-state index in [0.29, 0.717) is 18.2 Å². The van der Waals surface area contributed by atoms with Gasteiger partial charge in [-0.1, -0.05) is 24.0 Å². The number of phenols is 1. The van der Waals surface area contributed by atoms with Crippen molar-refractivity contribution in [2.75, 3.05) is 0 Å². The van der Waals surface area contributed by atoms with E-state index in [1.165, 1.54) is 11.8 Å². The predicted molar refractivity (Wildman–Crippen MR) is 79.8 cm³/mol. The maximum Gasteiger partial charge on any atom is 0.263 e. The van der Waals surface area contributed by atoms with Gasteiger partial charge in [0.2, 0.25) is 0 Å². The SMILES string of the molecule is O=C1NC(=S)S/C1=C/c1cc(Br)c(O)c(Br)c1. The van der Waals surface area contributed by atoms with E-state index in [1.807, 2.05) is 0 Å². The minimum absolute atomic E-state index is 0.131. The van der Waals surface area contributed by atoms with Gasteiger partial charge in [0.15, 0.2) is 0 Å². The number of benzene rings is 1. The van der Waals surface area contributed by atoms with Crippen LogP contribution in [-0.4, -0.2) is 15.3 Å². The Kier molecular flexibility index (Phi) is 3.92. The molecule has 17 heavy (non-hydrogen) atoms. The van der Waals surface area contributed by atoms with Crippen molar-refractivity contribution in [3.8, 4) is 5.75 Å². The van der Waals surface area contributed by atoms with E-state index in [2.05, 4.69) is 37.2 Å². The van der Waals surface area contributed by atoms with Crippen LogP contribution in [0.5, 0.6) is 5.75 Å². The van der Waals surface area contributed by atoms with Gasteiger partial charge >= 0.3 is 0 Å². The van der Waals surface area contributed by atoms with Crippen LogP contribution in [0.3, 0.4) is 0 Å². The van der Waals surface area contributed by atoms with Gasteiger partial charge in [0.1, 0.15) is 10.1 Å². The van der Waals surface area contributed by atoms with Gasteiger partial charge in [0.05, 0.1) is 13.9 Å². The van der Waals surface area contributed by atoms with Crippen molar-refractivity contribution < 1.29 is 9.90 Å². The van der Waals surface area contributed by atoms with Crippen LogP contribution in [-0.2, 0) is 4.79 Å². The number of halogens is 2. The lowest BCUT2D eigenvalue weighted by molar-refractivity contribution is -0.115. The molecular weight excluding hydrogens is 390 g/mol. The molecule has 0 saturated carbocycles. The standard InChI is InChI=1S/C10H5Br2NO2S2/c11-5-1-4(2-6(12)8(5)14)3-7-9(15)13-10(16)17-7/h1-3,14H,(H,13,15,16)/b7-3+. The molecule has 1 heterocycles. The molecule has 1 aromatic carbocycles. The first-order chi connectivity index (χ1) is 7.97. The molecule has 1 saturated heterocycles. The van der Waals surface area contributed by atoms with Crippen molar-refractivity contribution in [2.24, 2.45) is 0 Å². The van der Waals surface area contributed by atoms with Crippen LogP contribution in [0, 0.1) is 0 Å². The fourth-order valence-corrected chi connectivity index (χ4v) is 3.51. The summed E-state index contributed by atoms with van der Waals surface area (Å²) in [4.78, 5) is 12.0. The molecule has 7 heteroatoms. The fraction of sp³-hybridized carbons (Fsp3) is 0. The number of carbonyl (C=O) groups is 1. The van der Waals surface area contributed by atoms with Gasteiger partial charge in [-0.15, -0.1) is 0 Å². The van der Waals surface area contributed by atoms with Crippen molar-refractivity contribution in [1.82, 2.24) is 5.32 Å². The van der Waals surface area contributed by atoms with Crippen LogP contribution in [0.25, 0.3) is 6.08 Å². The van der Waals surface area contributed by atoms with Gasteiger partial charge in [0.25, 0.3) is 5.91 Å². The van der Waals surface area contributed by atoms with Crippen LogP contribution in [0.4, 0.5) is 0 Å². The van der Waals surface area contributed by atoms with Crippen molar-refractivity contribution in [3.63, 3.8) is 0 Å². The number of carbonyl (C=O) groups excluding carboxylic acids is 1. The van der Waals surface area contributed by atoms with Crippen molar-refractivity contribution >= 4 is 72.1 Å². The van der Waals surface area contributed by atoms with Gasteiger partial charge in [-0.3, -0.25) is 4.79 Å². The first-order valence-corrected chi connectivity index (χ1v) is 7.21. The zero-order chi connectivity index (χ0) is 12.6. The second-order valence-electron chi connectivity index (χ2n) is 3.19. The number of aromatic hydroxyl groups is 1. The number of rotatable bonds is 1. The summed E-state index contributed by atoms with van der Waals surface area (Å²) in [5.74, 6) is -0.0634. The lowest BCUT2D eigenvalue weighted by Crippen LogP contribution is -2.17. The molecule has 88 valence electrons. The molecule has 1 aliphatic heterocycles. The molecule has 0 aromatic heterocycles. The minimum atomic E-state index is -0.194. The normalized spacial score (nSPS) is 17.6. The molecule has 0 spiro atoms. The molecule has 0 bridgehead atoms. The van der Waals surface area contributed by atoms with Crippen LogP contribution in [0.1, 0.15) is 5.56 Å². The number of phenolic OH excluding ortho intramolecular Hbond substituents is 1. The summed E-state index contributed by atoms with van der Waals surface area (Å²) < 4.78 is 1.58. The molecule has 1 aromatic rings. The number of hydrogen-bond acceptors (Lipinski definition) is 4. The molecule has 2 N–H and O–H groups in total. The molecular formula is C10H5Br2NO2S2. The Morgan fingerprint density at radius 3 is 2.41 bits per heavy atom. The largest absolute Gasteiger partial charge is 0.506 e. The van der Waals surface area contributed by atoms with Crippen LogP contribution >= 0.6 is 55.8 Å². The van der Waals surface area contributed by atoms with Crippen molar-refractivity contribution in [1.29, 1.82) is 0 Å². The lowest BCUT2D eigenvalue weighted by atomic mass is 10.2. The van der Waals surface area contributed by atoms with E-state index >= 15 is 0 Å². The number of hydrogen-bond donors (Lipinski definition) is 2. The molecule has 0 atom stereocenters. The van der Waals surface area contributed by atoms with E-state index in [4.69, 9.17) is 12.2 Å². The fourth-order valence-electron chi connectivity index (χ4n) is 1.24. The van der Waals surface area contributed by atoms with E-state index in [0.717, 1.165) is 5.56 Å². The van der Waals surface area contributed by atoms with E-state index in [-0.39, 0.29) is 11.7 Å². The Morgan fingerprint density at radius 1 is 1.35 bits per heavy atom. The third-order valence-electron chi connectivity index (χ3n) is 1.98. The molecule has 1 aliphatic rings. The highest BCUT2D eigenvalue weighted by atomic mass is 79.9. The Balaban J connectivity index is 2.40. The molecule has 0 radical (unpaired) electrons. The Bertz CT molecular complexity index is 534. The van der Waals surface area contributed by atoms with Gasteiger partial charge in [-0.25, -0.2) is 0 Å². The quantitative estimate of drug-likeness (QED) is 0.566. The highest BCUT2D eigenvalue weighted by molar-refractivity contribution is 9.11. The van der Waals surface area contributed by atoms with Gasteiger partial charge in [-0.2, -0.15) is 0 Å². The number of amides is 1. The third kappa shape index (κ3) is 2.90. The molecule has 2 rings (SSSR count). The predicted octanol–water partition coefficient (Wildman–Crippen LogP) is 3.41. The van der Waals surface area contributed by atoms with Gasteiger partial charge in [0, 0.05) is 0 Å². The molecule has 0 aliphatic carbocycles. The van der Waals surface area contributed by atoms with E-state index < -0.39 is 0 Å². The van der Waals surface area contributed by atoms with Crippen LogP contribution in [0.15, 0.2) is 26.0 Å².